The molecule has 0 saturated heterocycles. The van der Waals surface area contributed by atoms with Gasteiger partial charge in [-0.15, -0.1) is 10.2 Å². The van der Waals surface area contributed by atoms with Crippen molar-refractivity contribution in [3.05, 3.63) is 10.8 Å². The summed E-state index contributed by atoms with van der Waals surface area (Å²) in [4.78, 5) is 0.870. The van der Waals surface area contributed by atoms with Crippen LogP contribution < -0.4 is 5.32 Å². The first-order valence-electron chi connectivity index (χ1n) is 5.93. The molecule has 0 aliphatic rings. The van der Waals surface area contributed by atoms with Crippen molar-refractivity contribution < 1.29 is 0 Å². The number of nitrogens with zero attached hydrogens (tertiary/aromatic N) is 4. The van der Waals surface area contributed by atoms with Gasteiger partial charge in [-0.3, -0.25) is 0 Å². The van der Waals surface area contributed by atoms with E-state index in [0.29, 0.717) is 5.92 Å². The molecule has 0 unspecified atom stereocenters. The first-order valence-corrected chi connectivity index (χ1v) is 6.75. The highest BCUT2D eigenvalue weighted by molar-refractivity contribution is 7.16. The predicted molar refractivity (Wildman–Crippen MR) is 69.5 cm³/mol. The Bertz CT molecular complexity index is 511. The number of fused-ring (bicyclic) bond motifs is 1. The van der Waals surface area contributed by atoms with Crippen LogP contribution in [-0.2, 0) is 5.54 Å². The molecule has 2 aromatic rings. The Kier molecular flexibility index (Phi) is 3.18. The fraction of sp³-hybridized carbons (Fsp3) is 0.727. The Morgan fingerprint density at radius 2 is 2.06 bits per heavy atom. The van der Waals surface area contributed by atoms with E-state index in [4.69, 9.17) is 0 Å². The van der Waals surface area contributed by atoms with E-state index in [9.17, 15) is 0 Å². The highest BCUT2D eigenvalue weighted by Gasteiger charge is 2.25. The second-order valence-corrected chi connectivity index (χ2v) is 5.93. The molecule has 0 bridgehead atoms. The third-order valence-corrected chi connectivity index (χ3v) is 3.91. The number of hydrogen-bond donors (Lipinski definition) is 1. The number of nitrogens with one attached hydrogen (secondary N) is 1. The van der Waals surface area contributed by atoms with Gasteiger partial charge in [-0.1, -0.05) is 32.1 Å². The third-order valence-electron chi connectivity index (χ3n) is 2.68. The smallest absolute Gasteiger partial charge is 0.234 e. The maximum atomic E-state index is 4.63. The first kappa shape index (κ1) is 12.4. The van der Waals surface area contributed by atoms with Gasteiger partial charge in [0.2, 0.25) is 4.96 Å². The van der Waals surface area contributed by atoms with Gasteiger partial charge < -0.3 is 5.32 Å². The van der Waals surface area contributed by atoms with Crippen LogP contribution in [0.3, 0.4) is 0 Å². The number of rotatable bonds is 4. The normalized spacial score (nSPS) is 12.8. The topological polar surface area (TPSA) is 55.1 Å². The van der Waals surface area contributed by atoms with Gasteiger partial charge in [-0.2, -0.15) is 9.61 Å². The molecule has 5 nitrogen and oxygen atoms in total. The molecular weight excluding hydrogens is 234 g/mol. The Morgan fingerprint density at radius 1 is 1.35 bits per heavy atom. The molecule has 0 aliphatic carbocycles. The number of aromatic nitrogens is 4. The molecule has 0 saturated carbocycles. The summed E-state index contributed by atoms with van der Waals surface area (Å²) in [7, 11) is 0. The summed E-state index contributed by atoms with van der Waals surface area (Å²) in [5, 5.41) is 17.4. The second-order valence-electron chi connectivity index (χ2n) is 4.97. The molecule has 17 heavy (non-hydrogen) atoms. The van der Waals surface area contributed by atoms with Gasteiger partial charge in [-0.05, 0) is 20.4 Å². The van der Waals surface area contributed by atoms with Crippen molar-refractivity contribution in [2.75, 3.05) is 6.54 Å². The Balaban J connectivity index is 2.45. The van der Waals surface area contributed by atoms with Crippen LogP contribution in [0.5, 0.6) is 0 Å². The van der Waals surface area contributed by atoms with Crippen LogP contribution in [-0.4, -0.2) is 26.4 Å². The van der Waals surface area contributed by atoms with Crippen LogP contribution >= 0.6 is 11.3 Å². The van der Waals surface area contributed by atoms with E-state index in [1.807, 2.05) is 4.52 Å². The standard InChI is InChI=1S/C11H19N5S/c1-6-12-11(4,5)9-15-16-8(7(2)3)13-14-10(16)17-9/h7,12H,6H2,1-5H3. The lowest BCUT2D eigenvalue weighted by molar-refractivity contribution is 0.408. The van der Waals surface area contributed by atoms with Crippen molar-refractivity contribution in [2.45, 2.75) is 46.1 Å². The van der Waals surface area contributed by atoms with Crippen LogP contribution in [0.4, 0.5) is 0 Å². The Hall–Kier alpha value is -1.01. The van der Waals surface area contributed by atoms with Gasteiger partial charge in [0.1, 0.15) is 5.01 Å². The molecule has 0 spiro atoms. The molecular formula is C11H19N5S. The SMILES string of the molecule is CCNC(C)(C)c1nn2c(C(C)C)nnc2s1. The van der Waals surface area contributed by atoms with E-state index < -0.39 is 0 Å². The largest absolute Gasteiger partial charge is 0.306 e. The molecule has 2 rings (SSSR count). The van der Waals surface area contributed by atoms with Crippen molar-refractivity contribution in [2.24, 2.45) is 0 Å². The van der Waals surface area contributed by atoms with Crippen LogP contribution in [0.1, 0.15) is 51.4 Å². The highest BCUT2D eigenvalue weighted by atomic mass is 32.1. The van der Waals surface area contributed by atoms with Crippen molar-refractivity contribution >= 4 is 16.3 Å². The first-order chi connectivity index (χ1) is 7.95. The zero-order valence-electron chi connectivity index (χ0n) is 11.0. The van der Waals surface area contributed by atoms with Crippen molar-refractivity contribution in [1.82, 2.24) is 25.1 Å². The van der Waals surface area contributed by atoms with Crippen molar-refractivity contribution in [3.8, 4) is 0 Å². The summed E-state index contributed by atoms with van der Waals surface area (Å²) in [6.07, 6.45) is 0. The minimum absolute atomic E-state index is 0.117. The van der Waals surface area contributed by atoms with Crippen LogP contribution in [0.2, 0.25) is 0 Å². The summed E-state index contributed by atoms with van der Waals surface area (Å²) < 4.78 is 1.86. The summed E-state index contributed by atoms with van der Waals surface area (Å²) in [6.45, 7) is 11.5. The molecule has 6 heteroatoms. The molecule has 0 aliphatic heterocycles. The molecule has 94 valence electrons. The van der Waals surface area contributed by atoms with Crippen molar-refractivity contribution in [3.63, 3.8) is 0 Å². The van der Waals surface area contributed by atoms with Crippen molar-refractivity contribution in [1.29, 1.82) is 0 Å². The molecule has 2 aromatic heterocycles. The Labute approximate surface area is 105 Å². The van der Waals surface area contributed by atoms with Gasteiger partial charge in [0.05, 0.1) is 5.54 Å². The monoisotopic (exact) mass is 253 g/mol. The molecule has 0 atom stereocenters. The maximum absolute atomic E-state index is 4.63. The molecule has 0 fully saturated rings. The van der Waals surface area contributed by atoms with Crippen LogP contribution in [0.15, 0.2) is 0 Å². The lowest BCUT2D eigenvalue weighted by Gasteiger charge is -2.22. The summed E-state index contributed by atoms with van der Waals surface area (Å²) in [5.41, 5.74) is -0.117. The van der Waals surface area contributed by atoms with Gasteiger partial charge in [0.25, 0.3) is 0 Å². The maximum Gasteiger partial charge on any atom is 0.234 e. The predicted octanol–water partition coefficient (Wildman–Crippen LogP) is 2.15. The average molecular weight is 253 g/mol. The second kappa shape index (κ2) is 4.34. The van der Waals surface area contributed by atoms with Gasteiger partial charge in [0.15, 0.2) is 5.82 Å². The average Bonchev–Trinajstić information content (AvgIpc) is 2.74. The lowest BCUT2D eigenvalue weighted by atomic mass is 10.1. The molecule has 0 radical (unpaired) electrons. The fourth-order valence-corrected chi connectivity index (χ4v) is 2.69. The quantitative estimate of drug-likeness (QED) is 0.907. The van der Waals surface area contributed by atoms with E-state index in [0.717, 1.165) is 22.3 Å². The molecule has 1 N–H and O–H groups in total. The number of hydrogen-bond acceptors (Lipinski definition) is 5. The molecule has 0 aromatic carbocycles. The minimum Gasteiger partial charge on any atom is -0.306 e. The van der Waals surface area contributed by atoms with Gasteiger partial charge >= 0.3 is 0 Å². The lowest BCUT2D eigenvalue weighted by Crippen LogP contribution is -2.36. The fourth-order valence-electron chi connectivity index (χ4n) is 1.76. The van der Waals surface area contributed by atoms with E-state index in [2.05, 4.69) is 55.2 Å². The van der Waals surface area contributed by atoms with E-state index >= 15 is 0 Å². The van der Waals surface area contributed by atoms with Crippen LogP contribution in [0.25, 0.3) is 4.96 Å². The molecule has 0 amide bonds. The third kappa shape index (κ3) is 2.19. The van der Waals surface area contributed by atoms with Gasteiger partial charge in [-0.25, -0.2) is 0 Å². The summed E-state index contributed by atoms with van der Waals surface area (Å²) >= 11 is 1.60. The van der Waals surface area contributed by atoms with Crippen LogP contribution in [0, 0.1) is 0 Å². The van der Waals surface area contributed by atoms with E-state index in [-0.39, 0.29) is 5.54 Å². The summed E-state index contributed by atoms with van der Waals surface area (Å²) in [6, 6.07) is 0. The van der Waals surface area contributed by atoms with E-state index in [1.54, 1.807) is 11.3 Å². The molecule has 2 heterocycles. The Morgan fingerprint density at radius 3 is 2.65 bits per heavy atom. The van der Waals surface area contributed by atoms with Gasteiger partial charge in [0, 0.05) is 5.92 Å². The minimum atomic E-state index is -0.117. The summed E-state index contributed by atoms with van der Waals surface area (Å²) in [5.74, 6) is 1.26. The zero-order valence-corrected chi connectivity index (χ0v) is 11.8. The highest BCUT2D eigenvalue weighted by Crippen LogP contribution is 2.26. The zero-order chi connectivity index (χ0) is 12.6. The van der Waals surface area contributed by atoms with E-state index in [1.165, 1.54) is 0 Å².